The van der Waals surface area contributed by atoms with Gasteiger partial charge in [0.1, 0.15) is 11.6 Å². The molecule has 0 atom stereocenters. The van der Waals surface area contributed by atoms with Crippen LogP contribution in [0.15, 0.2) is 18.2 Å². The fourth-order valence-corrected chi connectivity index (χ4v) is 1.79. The van der Waals surface area contributed by atoms with Crippen LogP contribution in [0.25, 0.3) is 0 Å². The van der Waals surface area contributed by atoms with Crippen molar-refractivity contribution >= 4 is 0 Å². The molecule has 0 aromatic heterocycles. The molecule has 0 bridgehead atoms. The number of phenols is 1. The van der Waals surface area contributed by atoms with E-state index in [2.05, 4.69) is 5.32 Å². The second-order valence-corrected chi connectivity index (χ2v) is 3.94. The Morgan fingerprint density at radius 3 is 2.80 bits per heavy atom. The minimum Gasteiger partial charge on any atom is -0.508 e. The molecule has 0 aliphatic carbocycles. The van der Waals surface area contributed by atoms with Gasteiger partial charge < -0.3 is 15.2 Å². The molecule has 0 saturated carbocycles. The van der Waals surface area contributed by atoms with Crippen LogP contribution in [0.5, 0.6) is 5.75 Å². The molecular weight excluding hydrogens is 197 g/mol. The van der Waals surface area contributed by atoms with Gasteiger partial charge in [0, 0.05) is 26.6 Å². The van der Waals surface area contributed by atoms with E-state index in [0.717, 1.165) is 13.1 Å². The van der Waals surface area contributed by atoms with Crippen LogP contribution >= 0.6 is 0 Å². The summed E-state index contributed by atoms with van der Waals surface area (Å²) in [5.41, 5.74) is 0.309. The van der Waals surface area contributed by atoms with Crippen molar-refractivity contribution in [2.45, 2.75) is 12.0 Å². The number of hydrogen-bond acceptors (Lipinski definition) is 3. The Balaban J connectivity index is 2.19. The van der Waals surface area contributed by atoms with Crippen LogP contribution < -0.4 is 5.32 Å². The number of methoxy groups -OCH3 is 1. The summed E-state index contributed by atoms with van der Waals surface area (Å²) >= 11 is 0. The second-order valence-electron chi connectivity index (χ2n) is 3.94. The third-order valence-corrected chi connectivity index (χ3v) is 2.88. The van der Waals surface area contributed by atoms with E-state index in [4.69, 9.17) is 4.74 Å². The first-order chi connectivity index (χ1) is 7.15. The highest BCUT2D eigenvalue weighted by atomic mass is 19.1. The first-order valence-electron chi connectivity index (χ1n) is 4.88. The van der Waals surface area contributed by atoms with Gasteiger partial charge in [0.2, 0.25) is 0 Å². The number of hydrogen-bond donors (Lipinski definition) is 2. The third kappa shape index (κ3) is 1.96. The van der Waals surface area contributed by atoms with Crippen LogP contribution in [-0.4, -0.2) is 30.9 Å². The SMILES string of the molecule is COC1(Cc2cc(F)ccc2O)CNC1. The Kier molecular flexibility index (Phi) is 2.63. The van der Waals surface area contributed by atoms with Crippen LogP contribution in [0.2, 0.25) is 0 Å². The number of benzene rings is 1. The lowest BCUT2D eigenvalue weighted by atomic mass is 9.88. The Labute approximate surface area is 87.9 Å². The second kappa shape index (κ2) is 3.79. The maximum absolute atomic E-state index is 13.0. The monoisotopic (exact) mass is 211 g/mol. The first kappa shape index (κ1) is 10.4. The molecule has 3 nitrogen and oxygen atoms in total. The Morgan fingerprint density at radius 2 is 2.27 bits per heavy atom. The molecule has 2 N–H and O–H groups in total. The van der Waals surface area contributed by atoms with Crippen LogP contribution in [0.4, 0.5) is 4.39 Å². The van der Waals surface area contributed by atoms with E-state index in [-0.39, 0.29) is 17.2 Å². The molecule has 0 radical (unpaired) electrons. The largest absolute Gasteiger partial charge is 0.508 e. The Hall–Kier alpha value is -1.13. The van der Waals surface area contributed by atoms with Gasteiger partial charge in [0.15, 0.2) is 0 Å². The van der Waals surface area contributed by atoms with Crippen LogP contribution in [-0.2, 0) is 11.2 Å². The summed E-state index contributed by atoms with van der Waals surface area (Å²) < 4.78 is 18.4. The highest BCUT2D eigenvalue weighted by molar-refractivity contribution is 5.34. The van der Waals surface area contributed by atoms with Crippen molar-refractivity contribution in [1.82, 2.24) is 5.32 Å². The van der Waals surface area contributed by atoms with Gasteiger partial charge in [-0.05, 0) is 23.8 Å². The van der Waals surface area contributed by atoms with Gasteiger partial charge in [-0.3, -0.25) is 0 Å². The minimum absolute atomic E-state index is 0.125. The van der Waals surface area contributed by atoms with Gasteiger partial charge in [-0.1, -0.05) is 0 Å². The van der Waals surface area contributed by atoms with Gasteiger partial charge in [0.25, 0.3) is 0 Å². The van der Waals surface area contributed by atoms with E-state index in [9.17, 15) is 9.50 Å². The smallest absolute Gasteiger partial charge is 0.123 e. The van der Waals surface area contributed by atoms with Crippen LogP contribution in [0.3, 0.4) is 0 Å². The normalized spacial score (nSPS) is 18.5. The number of phenolic OH excluding ortho intramolecular Hbond substituents is 1. The summed E-state index contributed by atoms with van der Waals surface area (Å²) in [4.78, 5) is 0. The van der Waals surface area contributed by atoms with Crippen molar-refractivity contribution in [2.24, 2.45) is 0 Å². The molecule has 2 rings (SSSR count). The molecule has 1 aliphatic rings. The summed E-state index contributed by atoms with van der Waals surface area (Å²) in [6.45, 7) is 1.47. The van der Waals surface area contributed by atoms with E-state index in [0.29, 0.717) is 12.0 Å². The third-order valence-electron chi connectivity index (χ3n) is 2.88. The van der Waals surface area contributed by atoms with E-state index in [1.165, 1.54) is 18.2 Å². The lowest BCUT2D eigenvalue weighted by molar-refractivity contribution is -0.0505. The van der Waals surface area contributed by atoms with Crippen molar-refractivity contribution in [3.63, 3.8) is 0 Å². The van der Waals surface area contributed by atoms with Crippen molar-refractivity contribution in [3.8, 4) is 5.75 Å². The summed E-state index contributed by atoms with van der Waals surface area (Å²) in [5, 5.41) is 12.7. The van der Waals surface area contributed by atoms with Crippen molar-refractivity contribution in [1.29, 1.82) is 0 Å². The molecule has 1 heterocycles. The predicted octanol–water partition coefficient (Wildman–Crippen LogP) is 1.06. The standard InChI is InChI=1S/C11H14FNO2/c1-15-11(6-13-7-11)5-8-4-9(12)2-3-10(8)14/h2-4,13-14H,5-7H2,1H3. The Morgan fingerprint density at radius 1 is 1.53 bits per heavy atom. The summed E-state index contributed by atoms with van der Waals surface area (Å²) in [6, 6.07) is 3.98. The summed E-state index contributed by atoms with van der Waals surface area (Å²) in [7, 11) is 1.64. The molecule has 1 aromatic carbocycles. The summed E-state index contributed by atoms with van der Waals surface area (Å²) in [5.74, 6) is -0.207. The molecule has 0 spiro atoms. The molecule has 1 saturated heterocycles. The zero-order valence-corrected chi connectivity index (χ0v) is 8.59. The van der Waals surface area contributed by atoms with Gasteiger partial charge in [-0.2, -0.15) is 0 Å². The van der Waals surface area contributed by atoms with Crippen molar-refractivity contribution in [3.05, 3.63) is 29.6 Å². The zero-order valence-electron chi connectivity index (χ0n) is 8.59. The van der Waals surface area contributed by atoms with Crippen molar-refractivity contribution in [2.75, 3.05) is 20.2 Å². The molecule has 1 aromatic rings. The van der Waals surface area contributed by atoms with Gasteiger partial charge in [-0.15, -0.1) is 0 Å². The first-order valence-corrected chi connectivity index (χ1v) is 4.88. The van der Waals surface area contributed by atoms with Gasteiger partial charge in [0.05, 0.1) is 5.60 Å². The van der Waals surface area contributed by atoms with Crippen molar-refractivity contribution < 1.29 is 14.2 Å². The quantitative estimate of drug-likeness (QED) is 0.785. The molecule has 1 aliphatic heterocycles. The number of aromatic hydroxyl groups is 1. The fraction of sp³-hybridized carbons (Fsp3) is 0.455. The Bertz CT molecular complexity index is 358. The van der Waals surface area contributed by atoms with Gasteiger partial charge >= 0.3 is 0 Å². The van der Waals surface area contributed by atoms with Crippen LogP contribution in [0.1, 0.15) is 5.56 Å². The van der Waals surface area contributed by atoms with Crippen LogP contribution in [0, 0.1) is 5.82 Å². The molecule has 4 heteroatoms. The highest BCUT2D eigenvalue weighted by Crippen LogP contribution is 2.27. The fourth-order valence-electron chi connectivity index (χ4n) is 1.79. The maximum atomic E-state index is 13.0. The number of ether oxygens (including phenoxy) is 1. The van der Waals surface area contributed by atoms with Gasteiger partial charge in [-0.25, -0.2) is 4.39 Å². The molecule has 0 unspecified atom stereocenters. The molecule has 0 amide bonds. The minimum atomic E-state index is -0.332. The lowest BCUT2D eigenvalue weighted by Gasteiger charge is -2.41. The number of rotatable bonds is 3. The lowest BCUT2D eigenvalue weighted by Crippen LogP contribution is -2.61. The average Bonchev–Trinajstić information content (AvgIpc) is 2.17. The average molecular weight is 211 g/mol. The topological polar surface area (TPSA) is 41.5 Å². The van der Waals surface area contributed by atoms with E-state index >= 15 is 0 Å². The number of nitrogens with one attached hydrogen (secondary N) is 1. The van der Waals surface area contributed by atoms with E-state index in [1.54, 1.807) is 7.11 Å². The highest BCUT2D eigenvalue weighted by Gasteiger charge is 2.37. The predicted molar refractivity (Wildman–Crippen MR) is 54.4 cm³/mol. The van der Waals surface area contributed by atoms with E-state index in [1.807, 2.05) is 0 Å². The molecular formula is C11H14FNO2. The number of halogens is 1. The maximum Gasteiger partial charge on any atom is 0.123 e. The molecule has 82 valence electrons. The molecule has 15 heavy (non-hydrogen) atoms. The summed E-state index contributed by atoms with van der Waals surface area (Å²) in [6.07, 6.45) is 0.528. The molecule has 1 fully saturated rings. The zero-order chi connectivity index (χ0) is 10.9. The van der Waals surface area contributed by atoms with E-state index < -0.39 is 0 Å².